The number of allylic oxidation sites excluding steroid dienone is 1. The molecule has 0 bridgehead atoms. The number of carbonyl (C=O) groups excluding carboxylic acids is 1. The monoisotopic (exact) mass is 319 g/mol. The molecule has 0 aromatic heterocycles. The fourth-order valence-electron chi connectivity index (χ4n) is 2.00. The molecular formula is C14H16NO2Y-. The Morgan fingerprint density at radius 3 is 2.72 bits per heavy atom. The number of carbonyl (C=O) groups is 1. The van der Waals surface area contributed by atoms with Crippen LogP contribution in [0, 0.1) is 13.0 Å². The van der Waals surface area contributed by atoms with E-state index in [9.17, 15) is 4.79 Å². The summed E-state index contributed by atoms with van der Waals surface area (Å²) in [4.78, 5) is 13.3. The van der Waals surface area contributed by atoms with Crippen molar-refractivity contribution in [3.8, 4) is 5.75 Å². The molecule has 18 heavy (non-hydrogen) atoms. The van der Waals surface area contributed by atoms with Crippen molar-refractivity contribution in [2.24, 2.45) is 0 Å². The smallest absolute Gasteiger partial charge is 0.222 e. The molecule has 4 heteroatoms. The molecule has 0 N–H and O–H groups in total. The van der Waals surface area contributed by atoms with Crippen molar-refractivity contribution in [1.82, 2.24) is 4.90 Å². The Morgan fingerprint density at radius 1 is 1.39 bits per heavy atom. The number of hydrogen-bond acceptors (Lipinski definition) is 2. The summed E-state index contributed by atoms with van der Waals surface area (Å²) in [7, 11) is 3.45. The van der Waals surface area contributed by atoms with Crippen molar-refractivity contribution in [2.75, 3.05) is 14.2 Å². The molecule has 1 radical (unpaired) electrons. The van der Waals surface area contributed by atoms with E-state index >= 15 is 0 Å². The van der Waals surface area contributed by atoms with E-state index in [1.54, 1.807) is 19.1 Å². The van der Waals surface area contributed by atoms with E-state index in [-0.39, 0.29) is 38.6 Å². The van der Waals surface area contributed by atoms with E-state index in [0.717, 1.165) is 22.6 Å². The van der Waals surface area contributed by atoms with E-state index in [1.807, 2.05) is 25.1 Å². The van der Waals surface area contributed by atoms with Crippen molar-refractivity contribution in [3.63, 3.8) is 0 Å². The van der Waals surface area contributed by atoms with Crippen LogP contribution in [0.4, 0.5) is 0 Å². The molecule has 0 atom stereocenters. The van der Waals surface area contributed by atoms with E-state index in [0.29, 0.717) is 12.8 Å². The minimum Gasteiger partial charge on any atom is -0.497 e. The van der Waals surface area contributed by atoms with Gasteiger partial charge in [0.1, 0.15) is 5.75 Å². The summed E-state index contributed by atoms with van der Waals surface area (Å²) in [5.74, 6) is 0.977. The van der Waals surface area contributed by atoms with Crippen LogP contribution in [-0.4, -0.2) is 25.0 Å². The predicted molar refractivity (Wildman–Crippen MR) is 66.4 cm³/mol. The van der Waals surface area contributed by atoms with Gasteiger partial charge in [0, 0.05) is 46.2 Å². The van der Waals surface area contributed by atoms with Gasteiger partial charge in [0.05, 0.1) is 7.11 Å². The summed E-state index contributed by atoms with van der Waals surface area (Å²) < 4.78 is 5.18. The molecule has 0 unspecified atom stereocenters. The Labute approximate surface area is 133 Å². The zero-order valence-corrected chi connectivity index (χ0v) is 13.8. The molecular weight excluding hydrogens is 303 g/mol. The fraction of sp³-hybridized carbons (Fsp3) is 0.357. The number of methoxy groups -OCH3 is 1. The first kappa shape index (κ1) is 15.4. The van der Waals surface area contributed by atoms with Gasteiger partial charge < -0.3 is 9.64 Å². The van der Waals surface area contributed by atoms with Crippen LogP contribution in [0.2, 0.25) is 0 Å². The SMILES string of the molecule is COc1ccc(C2=[C-]CCC(=O)N2C)c(C)c1.[Y]. The zero-order valence-electron chi connectivity index (χ0n) is 11.0. The topological polar surface area (TPSA) is 29.5 Å². The van der Waals surface area contributed by atoms with E-state index in [2.05, 4.69) is 6.08 Å². The van der Waals surface area contributed by atoms with Crippen molar-refractivity contribution < 1.29 is 42.2 Å². The molecule has 1 amide bonds. The van der Waals surface area contributed by atoms with Gasteiger partial charge >= 0.3 is 0 Å². The maximum atomic E-state index is 11.7. The quantitative estimate of drug-likeness (QED) is 0.784. The molecule has 1 aromatic rings. The van der Waals surface area contributed by atoms with Crippen LogP contribution in [0.5, 0.6) is 5.75 Å². The van der Waals surface area contributed by atoms with Gasteiger partial charge in [0.25, 0.3) is 0 Å². The van der Waals surface area contributed by atoms with E-state index < -0.39 is 0 Å². The number of benzene rings is 1. The fourth-order valence-corrected chi connectivity index (χ4v) is 2.00. The largest absolute Gasteiger partial charge is 0.497 e. The second-order valence-electron chi connectivity index (χ2n) is 4.16. The zero-order chi connectivity index (χ0) is 12.4. The molecule has 0 saturated heterocycles. The summed E-state index contributed by atoms with van der Waals surface area (Å²) in [5.41, 5.74) is 3.01. The van der Waals surface area contributed by atoms with Gasteiger partial charge in [-0.15, -0.1) is 29.3 Å². The van der Waals surface area contributed by atoms with Gasteiger partial charge in [-0.25, -0.2) is 6.08 Å². The van der Waals surface area contributed by atoms with Crippen LogP contribution in [0.3, 0.4) is 0 Å². The first-order chi connectivity index (χ1) is 8.13. The summed E-state index contributed by atoms with van der Waals surface area (Å²) in [5, 5.41) is 0. The molecule has 2 rings (SSSR count). The predicted octanol–water partition coefficient (Wildman–Crippen LogP) is 2.40. The molecule has 1 aliphatic heterocycles. The van der Waals surface area contributed by atoms with Crippen LogP contribution in [-0.2, 0) is 37.5 Å². The van der Waals surface area contributed by atoms with Crippen LogP contribution in [0.25, 0.3) is 5.70 Å². The molecule has 0 aliphatic carbocycles. The number of nitrogens with zero attached hydrogens (tertiary/aromatic N) is 1. The number of ether oxygens (including phenoxy) is 1. The third-order valence-electron chi connectivity index (χ3n) is 3.03. The first-order valence-electron chi connectivity index (χ1n) is 5.66. The molecule has 93 valence electrons. The Morgan fingerprint density at radius 2 is 2.11 bits per heavy atom. The van der Waals surface area contributed by atoms with Crippen molar-refractivity contribution in [1.29, 1.82) is 0 Å². The molecule has 1 heterocycles. The third kappa shape index (κ3) is 3.01. The molecule has 0 fully saturated rings. The number of aryl methyl sites for hydroxylation is 1. The van der Waals surface area contributed by atoms with Gasteiger partial charge in [-0.2, -0.15) is 0 Å². The van der Waals surface area contributed by atoms with Gasteiger partial charge in [-0.3, -0.25) is 4.79 Å². The number of hydrogen-bond donors (Lipinski definition) is 0. The Kier molecular flexibility index (Phi) is 5.55. The summed E-state index contributed by atoms with van der Waals surface area (Å²) in [6.45, 7) is 2.01. The van der Waals surface area contributed by atoms with Crippen molar-refractivity contribution >= 4 is 11.6 Å². The third-order valence-corrected chi connectivity index (χ3v) is 3.03. The molecule has 1 aromatic carbocycles. The van der Waals surface area contributed by atoms with Gasteiger partial charge in [-0.05, 0) is 12.1 Å². The van der Waals surface area contributed by atoms with Gasteiger partial charge in [-0.1, -0.05) is 6.92 Å². The van der Waals surface area contributed by atoms with E-state index in [4.69, 9.17) is 4.74 Å². The minimum atomic E-state index is 0. The maximum absolute atomic E-state index is 11.7. The van der Waals surface area contributed by atoms with Gasteiger partial charge in [0.15, 0.2) is 0 Å². The Bertz CT molecular complexity index is 483. The molecule has 3 nitrogen and oxygen atoms in total. The van der Waals surface area contributed by atoms with Crippen LogP contribution in [0.1, 0.15) is 24.0 Å². The van der Waals surface area contributed by atoms with Crippen molar-refractivity contribution in [3.05, 3.63) is 35.4 Å². The average Bonchev–Trinajstić information content (AvgIpc) is 2.33. The van der Waals surface area contributed by atoms with E-state index in [1.165, 1.54) is 0 Å². The van der Waals surface area contributed by atoms with Crippen LogP contribution in [0.15, 0.2) is 18.2 Å². The normalized spacial score (nSPS) is 14.9. The van der Waals surface area contributed by atoms with Gasteiger partial charge in [0.2, 0.25) is 5.91 Å². The minimum absolute atomic E-state index is 0. The molecule has 1 aliphatic rings. The summed E-state index contributed by atoms with van der Waals surface area (Å²) in [6.07, 6.45) is 4.52. The Hall–Kier alpha value is -0.666. The first-order valence-corrected chi connectivity index (χ1v) is 5.66. The molecule has 0 spiro atoms. The second-order valence-corrected chi connectivity index (χ2v) is 4.16. The summed E-state index contributed by atoms with van der Waals surface area (Å²) >= 11 is 0. The molecule has 0 saturated carbocycles. The van der Waals surface area contributed by atoms with Crippen LogP contribution >= 0.6 is 0 Å². The number of amides is 1. The number of rotatable bonds is 2. The summed E-state index contributed by atoms with van der Waals surface area (Å²) in [6, 6.07) is 5.85. The Balaban J connectivity index is 0.00000162. The maximum Gasteiger partial charge on any atom is 0.222 e. The second kappa shape index (κ2) is 6.49. The average molecular weight is 319 g/mol. The van der Waals surface area contributed by atoms with Crippen molar-refractivity contribution in [2.45, 2.75) is 19.8 Å². The van der Waals surface area contributed by atoms with Crippen LogP contribution < -0.4 is 4.74 Å². The standard InChI is InChI=1S/C14H16NO2.Y/c1-10-9-11(17-3)7-8-12(10)13-5-4-6-14(16)15(13)2;/h7-9H,4,6H2,1-3H3;/q-1;.